The number of hydrogen-bond donors (Lipinski definition) is 1. The summed E-state index contributed by atoms with van der Waals surface area (Å²) in [6.07, 6.45) is 2.46. The van der Waals surface area contributed by atoms with E-state index in [1.807, 2.05) is 18.3 Å². The Kier molecular flexibility index (Phi) is 1.62. The Morgan fingerprint density at radius 2 is 2.55 bits per heavy atom. The molecular formula is C7H8N2OS. The van der Waals surface area contributed by atoms with E-state index in [-0.39, 0.29) is 5.91 Å². The van der Waals surface area contributed by atoms with Gasteiger partial charge in [-0.3, -0.25) is 14.9 Å². The van der Waals surface area contributed by atoms with Crippen molar-refractivity contribution in [1.29, 1.82) is 0 Å². The Morgan fingerprint density at radius 1 is 1.64 bits per heavy atom. The number of carbonyl (C=O) groups is 1. The van der Waals surface area contributed by atoms with E-state index < -0.39 is 0 Å². The Labute approximate surface area is 68.7 Å². The maximum Gasteiger partial charge on any atom is 0.239 e. The van der Waals surface area contributed by atoms with Crippen LogP contribution in [0, 0.1) is 0 Å². The molecule has 0 spiro atoms. The maximum absolute atomic E-state index is 11.0. The zero-order chi connectivity index (χ0) is 7.68. The molecule has 3 nitrogen and oxygen atoms in total. The quantitative estimate of drug-likeness (QED) is 0.628. The van der Waals surface area contributed by atoms with Gasteiger partial charge < -0.3 is 0 Å². The topological polar surface area (TPSA) is 34.0 Å². The molecule has 1 aromatic rings. The van der Waals surface area contributed by atoms with Crippen LogP contribution in [-0.2, 0) is 4.79 Å². The van der Waals surface area contributed by atoms with Gasteiger partial charge in [0.15, 0.2) is 0 Å². The Bertz CT molecular complexity index is 282. The molecule has 2 rings (SSSR count). The second-order valence-electron chi connectivity index (χ2n) is 2.35. The number of aromatic nitrogens is 1. The second-order valence-corrected chi connectivity index (χ2v) is 3.47. The van der Waals surface area contributed by atoms with Crippen molar-refractivity contribution in [2.75, 3.05) is 11.2 Å². The van der Waals surface area contributed by atoms with Gasteiger partial charge in [-0.1, -0.05) is 0 Å². The lowest BCUT2D eigenvalue weighted by atomic mass is 10.5. The highest BCUT2D eigenvalue weighted by molar-refractivity contribution is 7.99. The Balaban J connectivity index is 2.32. The third kappa shape index (κ3) is 1.26. The van der Waals surface area contributed by atoms with Crippen molar-refractivity contribution in [2.45, 2.75) is 11.4 Å². The Hall–Kier alpha value is -0.900. The van der Waals surface area contributed by atoms with Crippen molar-refractivity contribution in [1.82, 2.24) is 4.68 Å². The predicted octanol–water partition coefficient (Wildman–Crippen LogP) is 1.05. The van der Waals surface area contributed by atoms with Gasteiger partial charge in [0, 0.05) is 18.4 Å². The standard InChI is InChI=1S/C7H8N2OS/c10-6-3-5-11-7-2-1-4-9(7)8-6/h1-2,4H,3,5H2,(H,8,10). The Morgan fingerprint density at radius 3 is 3.45 bits per heavy atom. The van der Waals surface area contributed by atoms with Crippen LogP contribution in [0.2, 0.25) is 0 Å². The zero-order valence-corrected chi connectivity index (χ0v) is 6.73. The first-order valence-electron chi connectivity index (χ1n) is 3.46. The molecule has 0 saturated heterocycles. The third-order valence-corrected chi connectivity index (χ3v) is 2.57. The minimum absolute atomic E-state index is 0.0902. The van der Waals surface area contributed by atoms with Gasteiger partial charge in [0.05, 0.1) is 5.03 Å². The first kappa shape index (κ1) is 6.79. The van der Waals surface area contributed by atoms with Gasteiger partial charge in [0.1, 0.15) is 0 Å². The summed E-state index contributed by atoms with van der Waals surface area (Å²) >= 11 is 1.70. The first-order chi connectivity index (χ1) is 5.36. The van der Waals surface area contributed by atoms with Gasteiger partial charge >= 0.3 is 0 Å². The van der Waals surface area contributed by atoms with Crippen molar-refractivity contribution in [3.05, 3.63) is 18.3 Å². The largest absolute Gasteiger partial charge is 0.273 e. The molecule has 1 aliphatic heterocycles. The first-order valence-corrected chi connectivity index (χ1v) is 4.45. The molecule has 0 unspecified atom stereocenters. The maximum atomic E-state index is 11.0. The van der Waals surface area contributed by atoms with Crippen LogP contribution in [0.3, 0.4) is 0 Å². The number of nitrogens with one attached hydrogen (secondary N) is 1. The fraction of sp³-hybridized carbons (Fsp3) is 0.286. The van der Waals surface area contributed by atoms with Crippen LogP contribution in [0.1, 0.15) is 6.42 Å². The van der Waals surface area contributed by atoms with Crippen molar-refractivity contribution in [3.63, 3.8) is 0 Å². The lowest BCUT2D eigenvalue weighted by Gasteiger charge is -2.03. The number of carbonyl (C=O) groups excluding carboxylic acids is 1. The van der Waals surface area contributed by atoms with Crippen LogP contribution in [-0.4, -0.2) is 16.3 Å². The van der Waals surface area contributed by atoms with Gasteiger partial charge in [-0.25, -0.2) is 0 Å². The van der Waals surface area contributed by atoms with E-state index in [1.165, 1.54) is 0 Å². The fourth-order valence-electron chi connectivity index (χ4n) is 1.01. The SMILES string of the molecule is O=C1CCSc2cccn2N1. The molecule has 11 heavy (non-hydrogen) atoms. The molecule has 0 aromatic carbocycles. The molecule has 1 N–H and O–H groups in total. The summed E-state index contributed by atoms with van der Waals surface area (Å²) < 4.78 is 1.76. The van der Waals surface area contributed by atoms with E-state index >= 15 is 0 Å². The highest BCUT2D eigenvalue weighted by atomic mass is 32.2. The summed E-state index contributed by atoms with van der Waals surface area (Å²) in [7, 11) is 0. The van der Waals surface area contributed by atoms with E-state index in [9.17, 15) is 4.79 Å². The molecule has 1 aliphatic rings. The van der Waals surface area contributed by atoms with E-state index in [0.717, 1.165) is 10.8 Å². The average Bonchev–Trinajstić information content (AvgIpc) is 2.31. The summed E-state index contributed by atoms with van der Waals surface area (Å²) in [5.74, 6) is 0.961. The molecule has 0 radical (unpaired) electrons. The molecule has 0 bridgehead atoms. The fourth-order valence-corrected chi connectivity index (χ4v) is 1.93. The van der Waals surface area contributed by atoms with Crippen LogP contribution in [0.5, 0.6) is 0 Å². The van der Waals surface area contributed by atoms with E-state index in [0.29, 0.717) is 6.42 Å². The monoisotopic (exact) mass is 168 g/mol. The second kappa shape index (κ2) is 2.62. The molecule has 0 atom stereocenters. The van der Waals surface area contributed by atoms with Crippen LogP contribution in [0.15, 0.2) is 23.4 Å². The number of thioether (sulfide) groups is 1. The van der Waals surface area contributed by atoms with E-state index in [1.54, 1.807) is 16.4 Å². The highest BCUT2D eigenvalue weighted by Gasteiger charge is 2.10. The average molecular weight is 168 g/mol. The molecule has 1 amide bonds. The highest BCUT2D eigenvalue weighted by Crippen LogP contribution is 2.20. The van der Waals surface area contributed by atoms with Crippen molar-refractivity contribution >= 4 is 17.7 Å². The number of hydrogen-bond acceptors (Lipinski definition) is 2. The molecule has 0 fully saturated rings. The molecule has 2 heterocycles. The van der Waals surface area contributed by atoms with Crippen LogP contribution < -0.4 is 5.43 Å². The number of rotatable bonds is 0. The van der Waals surface area contributed by atoms with Crippen molar-refractivity contribution < 1.29 is 4.79 Å². The number of amides is 1. The molecular weight excluding hydrogens is 160 g/mol. The van der Waals surface area contributed by atoms with Crippen LogP contribution >= 0.6 is 11.8 Å². The summed E-state index contributed by atoms with van der Waals surface area (Å²) in [5.41, 5.74) is 2.76. The number of nitrogens with zero attached hydrogens (tertiary/aromatic N) is 1. The predicted molar refractivity (Wildman–Crippen MR) is 44.1 cm³/mol. The smallest absolute Gasteiger partial charge is 0.239 e. The van der Waals surface area contributed by atoms with Gasteiger partial charge in [-0.2, -0.15) is 0 Å². The van der Waals surface area contributed by atoms with Crippen molar-refractivity contribution in [2.24, 2.45) is 0 Å². The van der Waals surface area contributed by atoms with Gasteiger partial charge in [0.25, 0.3) is 0 Å². The van der Waals surface area contributed by atoms with E-state index in [4.69, 9.17) is 0 Å². The summed E-state index contributed by atoms with van der Waals surface area (Å²) in [6.45, 7) is 0. The molecule has 1 aromatic heterocycles. The summed E-state index contributed by atoms with van der Waals surface area (Å²) in [4.78, 5) is 11.0. The minimum Gasteiger partial charge on any atom is -0.273 e. The molecule has 0 saturated carbocycles. The van der Waals surface area contributed by atoms with Crippen LogP contribution in [0.25, 0.3) is 0 Å². The van der Waals surface area contributed by atoms with Gasteiger partial charge in [-0.05, 0) is 12.1 Å². The van der Waals surface area contributed by atoms with E-state index in [2.05, 4.69) is 5.43 Å². The van der Waals surface area contributed by atoms with Crippen molar-refractivity contribution in [3.8, 4) is 0 Å². The summed E-state index contributed by atoms with van der Waals surface area (Å²) in [5, 5.41) is 1.11. The molecule has 58 valence electrons. The molecule has 0 aliphatic carbocycles. The lowest BCUT2D eigenvalue weighted by molar-refractivity contribution is -0.116. The van der Waals surface area contributed by atoms with Crippen LogP contribution in [0.4, 0.5) is 0 Å². The molecule has 4 heteroatoms. The minimum atomic E-state index is 0.0902. The van der Waals surface area contributed by atoms with Gasteiger partial charge in [-0.15, -0.1) is 11.8 Å². The zero-order valence-electron chi connectivity index (χ0n) is 5.91. The normalized spacial score (nSPS) is 16.9. The third-order valence-electron chi connectivity index (χ3n) is 1.54. The van der Waals surface area contributed by atoms with Gasteiger partial charge in [0.2, 0.25) is 5.91 Å². The number of fused-ring (bicyclic) bond motifs is 1. The summed E-state index contributed by atoms with van der Waals surface area (Å²) in [6, 6.07) is 3.92. The lowest BCUT2D eigenvalue weighted by Crippen LogP contribution is -2.20.